The zero-order valence-electron chi connectivity index (χ0n) is 21.8. The SMILES string of the molecule is CC(C)C1C(C)C([Si](C)(C)N(C(C)(C)C)C(C)(C)C)C2CCC3CCCCC3C21. The summed E-state index contributed by atoms with van der Waals surface area (Å²) in [7, 11) is -1.65. The van der Waals surface area contributed by atoms with Crippen LogP contribution in [-0.4, -0.2) is 23.9 Å². The summed E-state index contributed by atoms with van der Waals surface area (Å²) in [6, 6.07) is 0. The van der Waals surface area contributed by atoms with E-state index in [1.807, 2.05) is 0 Å². The van der Waals surface area contributed by atoms with Gasteiger partial charge in [-0.05, 0) is 108 Å². The van der Waals surface area contributed by atoms with Gasteiger partial charge in [-0.15, -0.1) is 0 Å². The first-order chi connectivity index (χ1) is 13.2. The summed E-state index contributed by atoms with van der Waals surface area (Å²) in [6.45, 7) is 28.1. The molecule has 3 saturated carbocycles. The average Bonchev–Trinajstić information content (AvgIpc) is 2.84. The Hall–Kier alpha value is 0.177. The maximum Gasteiger partial charge on any atom is 0.126 e. The second kappa shape index (κ2) is 7.95. The standard InChI is InChI=1S/C27H53NSi/c1-18(2)23-19(3)25(29(10,11)28(26(4,5)6)27(7,8)9)22-17-16-20-14-12-13-15-21(20)24(22)23/h18-25H,12-17H2,1-11H3. The molecule has 0 radical (unpaired) electrons. The van der Waals surface area contributed by atoms with Crippen LogP contribution >= 0.6 is 0 Å². The third-order valence-electron chi connectivity index (χ3n) is 9.41. The first kappa shape index (κ1) is 23.8. The Kier molecular flexibility index (Phi) is 6.53. The van der Waals surface area contributed by atoms with Crippen LogP contribution in [0.5, 0.6) is 0 Å². The van der Waals surface area contributed by atoms with Gasteiger partial charge in [-0.3, -0.25) is 0 Å². The molecule has 0 aliphatic heterocycles. The molecule has 2 heteroatoms. The predicted molar refractivity (Wildman–Crippen MR) is 132 cm³/mol. The van der Waals surface area contributed by atoms with Gasteiger partial charge in [0.05, 0.1) is 0 Å². The van der Waals surface area contributed by atoms with E-state index in [2.05, 4.69) is 80.0 Å². The number of nitrogens with zero attached hydrogens (tertiary/aromatic N) is 1. The van der Waals surface area contributed by atoms with E-state index in [0.717, 1.165) is 47.0 Å². The van der Waals surface area contributed by atoms with Crippen LogP contribution in [0, 0.1) is 41.4 Å². The van der Waals surface area contributed by atoms with Crippen LogP contribution in [0.1, 0.15) is 101 Å². The first-order valence-electron chi connectivity index (χ1n) is 13.0. The van der Waals surface area contributed by atoms with E-state index in [9.17, 15) is 0 Å². The van der Waals surface area contributed by atoms with Crippen molar-refractivity contribution in [2.45, 2.75) is 131 Å². The van der Waals surface area contributed by atoms with Gasteiger partial charge < -0.3 is 4.57 Å². The van der Waals surface area contributed by atoms with Gasteiger partial charge in [-0.25, -0.2) is 0 Å². The van der Waals surface area contributed by atoms with Gasteiger partial charge in [0, 0.05) is 11.1 Å². The summed E-state index contributed by atoms with van der Waals surface area (Å²) in [5, 5.41) is 0. The topological polar surface area (TPSA) is 3.24 Å². The monoisotopic (exact) mass is 419 g/mol. The van der Waals surface area contributed by atoms with Gasteiger partial charge in [0.1, 0.15) is 8.24 Å². The highest BCUT2D eigenvalue weighted by Crippen LogP contribution is 2.65. The number of hydrogen-bond donors (Lipinski definition) is 0. The molecule has 0 heterocycles. The Morgan fingerprint density at radius 2 is 1.34 bits per heavy atom. The van der Waals surface area contributed by atoms with E-state index in [1.54, 1.807) is 6.42 Å². The molecule has 0 spiro atoms. The molecule has 7 unspecified atom stereocenters. The second-order valence-electron chi connectivity index (χ2n) is 14.1. The minimum atomic E-state index is -1.65. The molecular weight excluding hydrogens is 366 g/mol. The third kappa shape index (κ3) is 4.15. The molecule has 0 aromatic carbocycles. The molecule has 3 aliphatic carbocycles. The summed E-state index contributed by atoms with van der Waals surface area (Å²) in [6.07, 6.45) is 9.16. The van der Waals surface area contributed by atoms with Crippen molar-refractivity contribution < 1.29 is 0 Å². The van der Waals surface area contributed by atoms with E-state index in [-0.39, 0.29) is 11.1 Å². The highest BCUT2D eigenvalue weighted by molar-refractivity contribution is 6.76. The maximum absolute atomic E-state index is 3.03. The maximum atomic E-state index is 3.03. The summed E-state index contributed by atoms with van der Waals surface area (Å²) >= 11 is 0. The smallest absolute Gasteiger partial charge is 0.126 e. The summed E-state index contributed by atoms with van der Waals surface area (Å²) in [4.78, 5) is 0. The van der Waals surface area contributed by atoms with Gasteiger partial charge in [0.25, 0.3) is 0 Å². The lowest BCUT2D eigenvalue weighted by atomic mass is 9.59. The first-order valence-corrected chi connectivity index (χ1v) is 16.0. The zero-order valence-corrected chi connectivity index (χ0v) is 22.8. The quantitative estimate of drug-likeness (QED) is 0.416. The average molecular weight is 420 g/mol. The third-order valence-corrected chi connectivity index (χ3v) is 14.5. The number of hydrogen-bond acceptors (Lipinski definition) is 1. The largest absolute Gasteiger partial charge is 0.314 e. The molecule has 0 bridgehead atoms. The zero-order chi connectivity index (χ0) is 21.9. The highest BCUT2D eigenvalue weighted by Gasteiger charge is 2.61. The Labute approximate surface area is 184 Å². The fraction of sp³-hybridized carbons (Fsp3) is 1.00. The van der Waals surface area contributed by atoms with Crippen LogP contribution in [0.15, 0.2) is 0 Å². The van der Waals surface area contributed by atoms with Crippen molar-refractivity contribution >= 4 is 8.24 Å². The predicted octanol–water partition coefficient (Wildman–Crippen LogP) is 8.22. The van der Waals surface area contributed by atoms with E-state index in [4.69, 9.17) is 0 Å². The van der Waals surface area contributed by atoms with Crippen molar-refractivity contribution in [3.63, 3.8) is 0 Å². The highest BCUT2D eigenvalue weighted by atomic mass is 28.3. The Morgan fingerprint density at radius 3 is 1.86 bits per heavy atom. The van der Waals surface area contributed by atoms with Crippen LogP contribution < -0.4 is 0 Å². The number of rotatable bonds is 3. The normalized spacial score (nSPS) is 39.0. The fourth-order valence-electron chi connectivity index (χ4n) is 10.1. The lowest BCUT2D eigenvalue weighted by Crippen LogP contribution is -2.67. The van der Waals surface area contributed by atoms with E-state index in [1.165, 1.54) is 32.1 Å². The fourth-order valence-corrected chi connectivity index (χ4v) is 16.8. The van der Waals surface area contributed by atoms with Crippen molar-refractivity contribution in [1.29, 1.82) is 0 Å². The van der Waals surface area contributed by atoms with Crippen molar-refractivity contribution in [3.8, 4) is 0 Å². The molecule has 170 valence electrons. The van der Waals surface area contributed by atoms with Gasteiger partial charge in [-0.1, -0.05) is 53.1 Å². The van der Waals surface area contributed by atoms with Crippen LogP contribution in [0.2, 0.25) is 18.6 Å². The van der Waals surface area contributed by atoms with Gasteiger partial charge in [0.2, 0.25) is 0 Å². The minimum absolute atomic E-state index is 0.237. The lowest BCUT2D eigenvalue weighted by Gasteiger charge is -2.58. The number of fused-ring (bicyclic) bond motifs is 3. The van der Waals surface area contributed by atoms with Gasteiger partial charge >= 0.3 is 0 Å². The van der Waals surface area contributed by atoms with Crippen LogP contribution in [0.3, 0.4) is 0 Å². The minimum Gasteiger partial charge on any atom is -0.314 e. The molecule has 3 aliphatic rings. The van der Waals surface area contributed by atoms with Crippen LogP contribution in [-0.2, 0) is 0 Å². The molecule has 7 atom stereocenters. The van der Waals surface area contributed by atoms with Gasteiger partial charge in [0.15, 0.2) is 0 Å². The van der Waals surface area contributed by atoms with E-state index >= 15 is 0 Å². The lowest BCUT2D eigenvalue weighted by molar-refractivity contribution is 0.0312. The van der Waals surface area contributed by atoms with Crippen molar-refractivity contribution in [2.24, 2.45) is 41.4 Å². The van der Waals surface area contributed by atoms with Crippen molar-refractivity contribution in [3.05, 3.63) is 0 Å². The molecule has 0 amide bonds. The van der Waals surface area contributed by atoms with Gasteiger partial charge in [-0.2, -0.15) is 0 Å². The molecule has 1 nitrogen and oxygen atoms in total. The Morgan fingerprint density at radius 1 is 0.793 bits per heavy atom. The van der Waals surface area contributed by atoms with Crippen molar-refractivity contribution in [1.82, 2.24) is 4.57 Å². The second-order valence-corrected chi connectivity index (χ2v) is 18.5. The molecule has 0 aromatic heterocycles. The van der Waals surface area contributed by atoms with Crippen molar-refractivity contribution in [2.75, 3.05) is 0 Å². The van der Waals surface area contributed by atoms with Crippen LogP contribution in [0.25, 0.3) is 0 Å². The summed E-state index contributed by atoms with van der Waals surface area (Å²) in [5.41, 5.74) is 1.42. The van der Waals surface area contributed by atoms with Crippen LogP contribution in [0.4, 0.5) is 0 Å². The Bertz CT molecular complexity index is 552. The molecule has 0 N–H and O–H groups in total. The summed E-state index contributed by atoms with van der Waals surface area (Å²) in [5.74, 6) is 6.79. The molecule has 3 rings (SSSR count). The molecule has 29 heavy (non-hydrogen) atoms. The molecule has 0 saturated heterocycles. The summed E-state index contributed by atoms with van der Waals surface area (Å²) < 4.78 is 3.03. The Balaban J connectivity index is 2.04. The molecule has 3 fully saturated rings. The molecule has 0 aromatic rings. The van der Waals surface area contributed by atoms with E-state index in [0.29, 0.717) is 0 Å². The van der Waals surface area contributed by atoms with E-state index < -0.39 is 8.24 Å². The molecular formula is C27H53NSi.